The van der Waals surface area contributed by atoms with Crippen molar-refractivity contribution in [3.63, 3.8) is 0 Å². The molecule has 1 atom stereocenters. The van der Waals surface area contributed by atoms with Crippen molar-refractivity contribution in [2.75, 3.05) is 21.2 Å². The molecule has 1 aromatic carbocycles. The molecule has 0 aliphatic heterocycles. The van der Waals surface area contributed by atoms with E-state index in [0.717, 1.165) is 11.1 Å². The van der Waals surface area contributed by atoms with Gasteiger partial charge in [0.15, 0.2) is 0 Å². The van der Waals surface area contributed by atoms with E-state index in [4.69, 9.17) is 9.84 Å². The van der Waals surface area contributed by atoms with Crippen molar-refractivity contribution in [1.29, 1.82) is 0 Å². The van der Waals surface area contributed by atoms with Crippen molar-refractivity contribution < 1.29 is 14.6 Å². The van der Waals surface area contributed by atoms with Gasteiger partial charge in [0.1, 0.15) is 6.04 Å². The minimum atomic E-state index is -0.843. The molecule has 4 nitrogen and oxygen atoms in total. The Bertz CT molecular complexity index is 346. The van der Waals surface area contributed by atoms with Gasteiger partial charge >= 0.3 is 5.97 Å². The van der Waals surface area contributed by atoms with E-state index in [1.807, 2.05) is 24.3 Å². The van der Waals surface area contributed by atoms with Crippen LogP contribution in [0.15, 0.2) is 24.3 Å². The molecular weight excluding hydrogens is 206 g/mol. The molecule has 0 bridgehead atoms. The van der Waals surface area contributed by atoms with Crippen LogP contribution in [-0.4, -0.2) is 37.2 Å². The van der Waals surface area contributed by atoms with E-state index in [0.29, 0.717) is 6.61 Å². The van der Waals surface area contributed by atoms with Gasteiger partial charge in [0.2, 0.25) is 0 Å². The average molecular weight is 223 g/mol. The average Bonchev–Trinajstić information content (AvgIpc) is 2.20. The zero-order valence-electron chi connectivity index (χ0n) is 9.80. The lowest BCUT2D eigenvalue weighted by Gasteiger charge is -2.20. The molecule has 0 saturated heterocycles. The molecule has 0 aliphatic rings. The number of hydrogen-bond acceptors (Lipinski definition) is 3. The Kier molecular flexibility index (Phi) is 4.46. The number of carboxylic acids is 1. The predicted molar refractivity (Wildman–Crippen MR) is 61.2 cm³/mol. The maximum atomic E-state index is 11.1. The lowest BCUT2D eigenvalue weighted by atomic mass is 10.0. The molecule has 4 heteroatoms. The van der Waals surface area contributed by atoms with E-state index in [2.05, 4.69) is 0 Å². The van der Waals surface area contributed by atoms with E-state index in [-0.39, 0.29) is 0 Å². The van der Waals surface area contributed by atoms with E-state index in [1.165, 1.54) is 0 Å². The van der Waals surface area contributed by atoms with Crippen molar-refractivity contribution in [3.8, 4) is 0 Å². The van der Waals surface area contributed by atoms with Gasteiger partial charge in [-0.2, -0.15) is 0 Å². The molecule has 1 aromatic rings. The fraction of sp³-hybridized carbons (Fsp3) is 0.417. The third-order valence-electron chi connectivity index (χ3n) is 2.36. The zero-order chi connectivity index (χ0) is 12.1. The monoisotopic (exact) mass is 223 g/mol. The number of carbonyl (C=O) groups is 1. The normalized spacial score (nSPS) is 12.8. The predicted octanol–water partition coefficient (Wildman–Crippen LogP) is 1.52. The van der Waals surface area contributed by atoms with Crippen molar-refractivity contribution in [1.82, 2.24) is 4.90 Å². The van der Waals surface area contributed by atoms with Gasteiger partial charge in [-0.1, -0.05) is 24.3 Å². The molecule has 1 rings (SSSR count). The quantitative estimate of drug-likeness (QED) is 0.822. The van der Waals surface area contributed by atoms with Crippen molar-refractivity contribution in [2.24, 2.45) is 0 Å². The van der Waals surface area contributed by atoms with Gasteiger partial charge < -0.3 is 9.84 Å². The van der Waals surface area contributed by atoms with Crippen LogP contribution in [0.2, 0.25) is 0 Å². The second-order valence-corrected chi connectivity index (χ2v) is 3.88. The maximum absolute atomic E-state index is 11.1. The van der Waals surface area contributed by atoms with Gasteiger partial charge in [-0.05, 0) is 25.2 Å². The second-order valence-electron chi connectivity index (χ2n) is 3.88. The smallest absolute Gasteiger partial charge is 0.325 e. The van der Waals surface area contributed by atoms with Gasteiger partial charge in [0.05, 0.1) is 6.61 Å². The van der Waals surface area contributed by atoms with Gasteiger partial charge in [-0.3, -0.25) is 9.69 Å². The minimum absolute atomic E-state index is 0.542. The third kappa shape index (κ3) is 3.05. The highest BCUT2D eigenvalue weighted by molar-refractivity contribution is 5.75. The number of hydrogen-bond donors (Lipinski definition) is 1. The highest BCUT2D eigenvalue weighted by Gasteiger charge is 2.21. The molecule has 0 saturated carbocycles. The molecule has 1 unspecified atom stereocenters. The largest absolute Gasteiger partial charge is 0.480 e. The Hall–Kier alpha value is -1.39. The first-order valence-corrected chi connectivity index (χ1v) is 5.03. The summed E-state index contributed by atoms with van der Waals surface area (Å²) in [5.41, 5.74) is 1.81. The van der Waals surface area contributed by atoms with E-state index >= 15 is 0 Å². The summed E-state index contributed by atoms with van der Waals surface area (Å²) in [5.74, 6) is -0.843. The molecule has 0 fully saturated rings. The molecule has 88 valence electrons. The van der Waals surface area contributed by atoms with Crippen LogP contribution < -0.4 is 0 Å². The van der Waals surface area contributed by atoms with Crippen LogP contribution in [0, 0.1) is 0 Å². The van der Waals surface area contributed by atoms with Crippen LogP contribution in [0.3, 0.4) is 0 Å². The first-order valence-electron chi connectivity index (χ1n) is 5.03. The van der Waals surface area contributed by atoms with Gasteiger partial charge in [0.25, 0.3) is 0 Å². The van der Waals surface area contributed by atoms with Crippen molar-refractivity contribution in [3.05, 3.63) is 35.4 Å². The summed E-state index contributed by atoms with van der Waals surface area (Å²) in [5, 5.41) is 9.10. The summed E-state index contributed by atoms with van der Waals surface area (Å²) in [6.45, 7) is 0.542. The van der Waals surface area contributed by atoms with Gasteiger partial charge in [0, 0.05) is 7.11 Å². The molecule has 0 spiro atoms. The van der Waals surface area contributed by atoms with Crippen LogP contribution in [0.25, 0.3) is 0 Å². The molecular formula is C12H17NO3. The molecule has 0 heterocycles. The Morgan fingerprint density at radius 3 is 2.31 bits per heavy atom. The summed E-state index contributed by atoms with van der Waals surface area (Å²) in [4.78, 5) is 12.8. The zero-order valence-corrected chi connectivity index (χ0v) is 9.80. The summed E-state index contributed by atoms with van der Waals surface area (Å²) >= 11 is 0. The number of methoxy groups -OCH3 is 1. The lowest BCUT2D eigenvalue weighted by Crippen LogP contribution is -2.27. The Labute approximate surface area is 95.5 Å². The highest BCUT2D eigenvalue weighted by atomic mass is 16.5. The highest BCUT2D eigenvalue weighted by Crippen LogP contribution is 2.19. The fourth-order valence-electron chi connectivity index (χ4n) is 1.62. The summed E-state index contributed by atoms with van der Waals surface area (Å²) in [6, 6.07) is 6.83. The molecule has 16 heavy (non-hydrogen) atoms. The number of carboxylic acid groups (broad SMARTS) is 1. The van der Waals surface area contributed by atoms with Crippen LogP contribution in [0.4, 0.5) is 0 Å². The van der Waals surface area contributed by atoms with E-state index < -0.39 is 12.0 Å². The Morgan fingerprint density at radius 2 is 1.94 bits per heavy atom. The number of benzene rings is 1. The Balaban J connectivity index is 2.90. The fourth-order valence-corrected chi connectivity index (χ4v) is 1.62. The molecule has 0 radical (unpaired) electrons. The summed E-state index contributed by atoms with van der Waals surface area (Å²) in [7, 11) is 5.14. The summed E-state index contributed by atoms with van der Waals surface area (Å²) in [6.07, 6.45) is 0. The van der Waals surface area contributed by atoms with Crippen LogP contribution in [0.5, 0.6) is 0 Å². The number of ether oxygens (including phenoxy) is 1. The molecule has 0 aliphatic carbocycles. The third-order valence-corrected chi connectivity index (χ3v) is 2.36. The van der Waals surface area contributed by atoms with Crippen molar-refractivity contribution in [2.45, 2.75) is 12.6 Å². The molecule has 1 N–H and O–H groups in total. The van der Waals surface area contributed by atoms with Crippen LogP contribution >= 0.6 is 0 Å². The van der Waals surface area contributed by atoms with Crippen LogP contribution in [0.1, 0.15) is 17.2 Å². The molecule has 0 aromatic heterocycles. The molecule has 0 amide bonds. The van der Waals surface area contributed by atoms with E-state index in [1.54, 1.807) is 26.1 Å². The standard InChI is InChI=1S/C12H17NO3/c1-13(2)11(12(14)15)10-6-4-9(5-7-10)8-16-3/h4-7,11H,8H2,1-3H3,(H,14,15). The second kappa shape index (κ2) is 5.63. The van der Waals surface area contributed by atoms with Crippen LogP contribution in [-0.2, 0) is 16.1 Å². The first kappa shape index (κ1) is 12.7. The Morgan fingerprint density at radius 1 is 1.38 bits per heavy atom. The number of rotatable bonds is 5. The van der Waals surface area contributed by atoms with E-state index in [9.17, 15) is 4.79 Å². The topological polar surface area (TPSA) is 49.8 Å². The summed E-state index contributed by atoms with van der Waals surface area (Å²) < 4.78 is 5.00. The SMILES string of the molecule is COCc1ccc(C(C(=O)O)N(C)C)cc1. The number of aliphatic carboxylic acids is 1. The minimum Gasteiger partial charge on any atom is -0.480 e. The van der Waals surface area contributed by atoms with Gasteiger partial charge in [-0.15, -0.1) is 0 Å². The number of nitrogens with zero attached hydrogens (tertiary/aromatic N) is 1. The number of likely N-dealkylation sites (N-methyl/N-ethyl adjacent to an activating group) is 1. The lowest BCUT2D eigenvalue weighted by molar-refractivity contribution is -0.142. The maximum Gasteiger partial charge on any atom is 0.325 e. The first-order chi connectivity index (χ1) is 7.56. The van der Waals surface area contributed by atoms with Gasteiger partial charge in [-0.25, -0.2) is 0 Å². The van der Waals surface area contributed by atoms with Crippen molar-refractivity contribution >= 4 is 5.97 Å².